The lowest BCUT2D eigenvalue weighted by Gasteiger charge is -1.96. The SMILES string of the molecule is C/C=C(\C=NC(C)N)CO. The van der Waals surface area contributed by atoms with Crippen LogP contribution in [0.15, 0.2) is 16.6 Å². The van der Waals surface area contributed by atoms with Crippen molar-refractivity contribution in [1.82, 2.24) is 0 Å². The molecule has 0 aromatic heterocycles. The highest BCUT2D eigenvalue weighted by molar-refractivity contribution is 5.78. The van der Waals surface area contributed by atoms with Gasteiger partial charge < -0.3 is 10.8 Å². The number of aliphatic imine (C=N–C) groups is 1. The summed E-state index contributed by atoms with van der Waals surface area (Å²) in [4.78, 5) is 3.89. The Morgan fingerprint density at radius 1 is 1.80 bits per heavy atom. The summed E-state index contributed by atoms with van der Waals surface area (Å²) in [6, 6.07) is 0. The lowest BCUT2D eigenvalue weighted by atomic mass is 10.3. The van der Waals surface area contributed by atoms with E-state index in [0.717, 1.165) is 5.57 Å². The van der Waals surface area contributed by atoms with E-state index in [1.54, 1.807) is 19.2 Å². The van der Waals surface area contributed by atoms with Gasteiger partial charge in [-0.2, -0.15) is 0 Å². The van der Waals surface area contributed by atoms with E-state index in [9.17, 15) is 0 Å². The zero-order chi connectivity index (χ0) is 7.98. The van der Waals surface area contributed by atoms with E-state index in [-0.39, 0.29) is 12.8 Å². The standard InChI is InChI=1S/C7H14N2O/c1-3-7(5-10)4-9-6(2)8/h3-4,6,10H,5,8H2,1-2H3/b7-3+,9-4?. The van der Waals surface area contributed by atoms with Gasteiger partial charge in [0.25, 0.3) is 0 Å². The molecule has 0 aliphatic rings. The third-order valence-electron chi connectivity index (χ3n) is 1.03. The lowest BCUT2D eigenvalue weighted by Crippen LogP contribution is -2.11. The van der Waals surface area contributed by atoms with E-state index in [0.29, 0.717) is 0 Å². The van der Waals surface area contributed by atoms with Crippen LogP contribution in [0, 0.1) is 0 Å². The smallest absolute Gasteiger partial charge is 0.0940 e. The first-order valence-corrected chi connectivity index (χ1v) is 3.25. The van der Waals surface area contributed by atoms with Crippen LogP contribution in [0.5, 0.6) is 0 Å². The number of nitrogens with two attached hydrogens (primary N) is 1. The fourth-order valence-electron chi connectivity index (χ4n) is 0.420. The molecule has 1 atom stereocenters. The minimum atomic E-state index is -0.193. The normalized spacial score (nSPS) is 16.2. The number of aliphatic hydroxyl groups excluding tert-OH is 1. The predicted octanol–water partition coefficient (Wildman–Crippen LogP) is 0.300. The molecule has 0 heterocycles. The summed E-state index contributed by atoms with van der Waals surface area (Å²) in [5, 5.41) is 8.64. The molecule has 3 nitrogen and oxygen atoms in total. The van der Waals surface area contributed by atoms with Crippen LogP contribution in [-0.4, -0.2) is 24.1 Å². The zero-order valence-corrected chi connectivity index (χ0v) is 6.41. The third kappa shape index (κ3) is 4.23. The summed E-state index contributed by atoms with van der Waals surface area (Å²) in [5.41, 5.74) is 6.13. The Hall–Kier alpha value is -0.670. The Morgan fingerprint density at radius 2 is 2.40 bits per heavy atom. The van der Waals surface area contributed by atoms with Crippen LogP contribution < -0.4 is 5.73 Å². The van der Waals surface area contributed by atoms with Gasteiger partial charge in [0.2, 0.25) is 0 Å². The van der Waals surface area contributed by atoms with E-state index < -0.39 is 0 Å². The van der Waals surface area contributed by atoms with Crippen molar-refractivity contribution >= 4 is 6.21 Å². The molecule has 0 spiro atoms. The Bertz CT molecular complexity index is 139. The maximum absolute atomic E-state index is 8.64. The van der Waals surface area contributed by atoms with E-state index in [4.69, 9.17) is 10.8 Å². The average Bonchev–Trinajstić information content (AvgIpc) is 1.90. The topological polar surface area (TPSA) is 58.6 Å². The fourth-order valence-corrected chi connectivity index (χ4v) is 0.420. The van der Waals surface area contributed by atoms with Crippen LogP contribution >= 0.6 is 0 Å². The van der Waals surface area contributed by atoms with Crippen molar-refractivity contribution < 1.29 is 5.11 Å². The lowest BCUT2D eigenvalue weighted by molar-refractivity contribution is 0.337. The highest BCUT2D eigenvalue weighted by atomic mass is 16.3. The molecule has 0 aliphatic carbocycles. The minimum Gasteiger partial charge on any atom is -0.392 e. The molecule has 0 aromatic carbocycles. The van der Waals surface area contributed by atoms with Crippen LogP contribution in [0.2, 0.25) is 0 Å². The quantitative estimate of drug-likeness (QED) is 0.557. The highest BCUT2D eigenvalue weighted by Gasteiger charge is 1.87. The van der Waals surface area contributed by atoms with Gasteiger partial charge in [-0.25, -0.2) is 0 Å². The molecule has 0 rings (SSSR count). The first-order valence-electron chi connectivity index (χ1n) is 3.25. The van der Waals surface area contributed by atoms with Crippen LogP contribution in [0.3, 0.4) is 0 Å². The van der Waals surface area contributed by atoms with Crippen molar-refractivity contribution in [2.75, 3.05) is 6.61 Å². The van der Waals surface area contributed by atoms with Gasteiger partial charge in [0, 0.05) is 6.21 Å². The van der Waals surface area contributed by atoms with Gasteiger partial charge in [0.1, 0.15) is 0 Å². The average molecular weight is 142 g/mol. The van der Waals surface area contributed by atoms with Gasteiger partial charge in [0.15, 0.2) is 0 Å². The molecule has 0 bridgehead atoms. The Kier molecular flexibility index (Phi) is 4.80. The molecule has 0 radical (unpaired) electrons. The monoisotopic (exact) mass is 142 g/mol. The van der Waals surface area contributed by atoms with Crippen LogP contribution in [0.25, 0.3) is 0 Å². The van der Waals surface area contributed by atoms with Gasteiger partial charge in [0.05, 0.1) is 12.8 Å². The number of allylic oxidation sites excluding steroid dienone is 1. The van der Waals surface area contributed by atoms with Crippen molar-refractivity contribution in [1.29, 1.82) is 0 Å². The predicted molar refractivity (Wildman–Crippen MR) is 43.0 cm³/mol. The van der Waals surface area contributed by atoms with E-state index >= 15 is 0 Å². The summed E-state index contributed by atoms with van der Waals surface area (Å²) < 4.78 is 0. The largest absolute Gasteiger partial charge is 0.392 e. The fraction of sp³-hybridized carbons (Fsp3) is 0.571. The molecule has 0 fully saturated rings. The number of rotatable bonds is 3. The Balaban J connectivity index is 3.86. The second-order valence-electron chi connectivity index (χ2n) is 2.04. The summed E-state index contributed by atoms with van der Waals surface area (Å²) in [5.74, 6) is 0. The van der Waals surface area contributed by atoms with Gasteiger partial charge >= 0.3 is 0 Å². The maximum atomic E-state index is 8.64. The molecule has 3 N–H and O–H groups in total. The molecule has 0 aliphatic heterocycles. The van der Waals surface area contributed by atoms with Gasteiger partial charge in [-0.1, -0.05) is 6.08 Å². The number of nitrogens with zero attached hydrogens (tertiary/aromatic N) is 1. The molecule has 1 unspecified atom stereocenters. The maximum Gasteiger partial charge on any atom is 0.0940 e. The van der Waals surface area contributed by atoms with Crippen LogP contribution in [0.1, 0.15) is 13.8 Å². The second kappa shape index (κ2) is 5.14. The molecule has 0 saturated carbocycles. The van der Waals surface area contributed by atoms with Crippen LogP contribution in [0.4, 0.5) is 0 Å². The van der Waals surface area contributed by atoms with E-state index in [1.807, 2.05) is 6.92 Å². The molecule has 10 heavy (non-hydrogen) atoms. The minimum absolute atomic E-state index is 0.0206. The summed E-state index contributed by atoms with van der Waals surface area (Å²) in [6.45, 7) is 3.65. The van der Waals surface area contributed by atoms with Gasteiger partial charge in [-0.15, -0.1) is 0 Å². The number of hydrogen-bond donors (Lipinski definition) is 2. The highest BCUT2D eigenvalue weighted by Crippen LogP contribution is 1.87. The third-order valence-corrected chi connectivity index (χ3v) is 1.03. The summed E-state index contributed by atoms with van der Waals surface area (Å²) in [6.07, 6.45) is 3.19. The first kappa shape index (κ1) is 9.33. The van der Waals surface area contributed by atoms with Crippen molar-refractivity contribution in [2.45, 2.75) is 20.0 Å². The molecule has 3 heteroatoms. The Morgan fingerprint density at radius 3 is 2.70 bits per heavy atom. The molecule has 0 saturated heterocycles. The van der Waals surface area contributed by atoms with Gasteiger partial charge in [-0.3, -0.25) is 4.99 Å². The molecule has 58 valence electrons. The van der Waals surface area contributed by atoms with Gasteiger partial charge in [-0.05, 0) is 19.4 Å². The van der Waals surface area contributed by atoms with E-state index in [1.165, 1.54) is 0 Å². The summed E-state index contributed by atoms with van der Waals surface area (Å²) >= 11 is 0. The zero-order valence-electron chi connectivity index (χ0n) is 6.41. The second-order valence-corrected chi connectivity index (χ2v) is 2.04. The molecular formula is C7H14N2O. The van der Waals surface area contributed by atoms with Crippen LogP contribution in [-0.2, 0) is 0 Å². The molecular weight excluding hydrogens is 128 g/mol. The van der Waals surface area contributed by atoms with Crippen molar-refractivity contribution in [2.24, 2.45) is 10.7 Å². The van der Waals surface area contributed by atoms with Crippen molar-refractivity contribution in [3.8, 4) is 0 Å². The molecule has 0 amide bonds. The molecule has 0 aromatic rings. The number of hydrogen-bond acceptors (Lipinski definition) is 3. The van der Waals surface area contributed by atoms with E-state index in [2.05, 4.69) is 4.99 Å². The van der Waals surface area contributed by atoms with Crippen molar-refractivity contribution in [3.63, 3.8) is 0 Å². The van der Waals surface area contributed by atoms with Crippen molar-refractivity contribution in [3.05, 3.63) is 11.6 Å². The first-order chi connectivity index (χ1) is 4.70. The number of aliphatic hydroxyl groups is 1. The summed E-state index contributed by atoms with van der Waals surface area (Å²) in [7, 11) is 0. The Labute approximate surface area is 61.3 Å².